The lowest BCUT2D eigenvalue weighted by Gasteiger charge is -2.17. The lowest BCUT2D eigenvalue weighted by molar-refractivity contribution is 0.305. The summed E-state index contributed by atoms with van der Waals surface area (Å²) >= 11 is 0. The molecule has 1 saturated heterocycles. The van der Waals surface area contributed by atoms with Crippen LogP contribution in [0.15, 0.2) is 18.2 Å². The minimum atomic E-state index is 0.705. The largest absolute Gasteiger partial charge is 0.494 e. The van der Waals surface area contributed by atoms with Crippen LogP contribution in [0.4, 0.5) is 5.69 Å². The molecule has 0 saturated carbocycles. The Kier molecular flexibility index (Phi) is 3.67. The number of rotatable bonds is 4. The molecule has 0 amide bonds. The first kappa shape index (κ1) is 11.3. The molecule has 88 valence electrons. The van der Waals surface area contributed by atoms with Crippen LogP contribution in [0.5, 0.6) is 5.75 Å². The quantitative estimate of drug-likeness (QED) is 0.791. The van der Waals surface area contributed by atoms with Crippen LogP contribution in [0.1, 0.15) is 25.3 Å². The van der Waals surface area contributed by atoms with Gasteiger partial charge in [-0.2, -0.15) is 0 Å². The number of likely N-dealkylation sites (tertiary alicyclic amines) is 1. The predicted octanol–water partition coefficient (Wildman–Crippen LogP) is 2.26. The molecule has 3 heteroatoms. The van der Waals surface area contributed by atoms with Gasteiger partial charge >= 0.3 is 0 Å². The summed E-state index contributed by atoms with van der Waals surface area (Å²) in [5.41, 5.74) is 7.85. The van der Waals surface area contributed by atoms with E-state index in [1.165, 1.54) is 31.5 Å². The molecule has 2 N–H and O–H groups in total. The fourth-order valence-corrected chi connectivity index (χ4v) is 2.20. The van der Waals surface area contributed by atoms with Gasteiger partial charge in [-0.05, 0) is 51.1 Å². The van der Waals surface area contributed by atoms with Gasteiger partial charge in [-0.25, -0.2) is 0 Å². The lowest BCUT2D eigenvalue weighted by Crippen LogP contribution is -2.19. The third kappa shape index (κ3) is 2.67. The highest BCUT2D eigenvalue weighted by Gasteiger charge is 2.14. The number of benzene rings is 1. The van der Waals surface area contributed by atoms with Gasteiger partial charge in [-0.1, -0.05) is 0 Å². The molecule has 1 aliphatic rings. The van der Waals surface area contributed by atoms with E-state index in [0.717, 1.165) is 18.0 Å². The number of anilines is 1. The van der Waals surface area contributed by atoms with Gasteiger partial charge in [0.2, 0.25) is 0 Å². The molecular weight excluding hydrogens is 200 g/mol. The SMILES string of the molecule is CCOc1ccc(N)cc1CN1CCCC1. The third-order valence-electron chi connectivity index (χ3n) is 2.98. The van der Waals surface area contributed by atoms with E-state index in [1.54, 1.807) is 0 Å². The van der Waals surface area contributed by atoms with Gasteiger partial charge in [0.1, 0.15) is 5.75 Å². The van der Waals surface area contributed by atoms with Gasteiger partial charge in [0.25, 0.3) is 0 Å². The van der Waals surface area contributed by atoms with Crippen molar-refractivity contribution in [2.45, 2.75) is 26.3 Å². The molecule has 0 unspecified atom stereocenters. The zero-order chi connectivity index (χ0) is 11.4. The Morgan fingerprint density at radius 3 is 2.75 bits per heavy atom. The molecule has 0 atom stereocenters. The minimum absolute atomic E-state index is 0.705. The fraction of sp³-hybridized carbons (Fsp3) is 0.538. The Labute approximate surface area is 97.2 Å². The minimum Gasteiger partial charge on any atom is -0.494 e. The van der Waals surface area contributed by atoms with E-state index in [0.29, 0.717) is 6.61 Å². The summed E-state index contributed by atoms with van der Waals surface area (Å²) in [5, 5.41) is 0. The van der Waals surface area contributed by atoms with Crippen molar-refractivity contribution in [3.8, 4) is 5.75 Å². The molecule has 1 fully saturated rings. The molecule has 0 aliphatic carbocycles. The lowest BCUT2D eigenvalue weighted by atomic mass is 10.1. The van der Waals surface area contributed by atoms with Crippen molar-refractivity contribution in [1.82, 2.24) is 4.90 Å². The second-order valence-corrected chi connectivity index (χ2v) is 4.28. The zero-order valence-corrected chi connectivity index (χ0v) is 9.91. The van der Waals surface area contributed by atoms with Gasteiger partial charge in [0, 0.05) is 17.8 Å². The number of nitrogens with two attached hydrogens (primary N) is 1. The Bertz CT molecular complexity index is 346. The Hall–Kier alpha value is -1.22. The van der Waals surface area contributed by atoms with Crippen LogP contribution in [-0.2, 0) is 6.54 Å². The van der Waals surface area contributed by atoms with E-state index in [1.807, 2.05) is 25.1 Å². The van der Waals surface area contributed by atoms with Crippen molar-refractivity contribution >= 4 is 5.69 Å². The molecule has 1 heterocycles. The van der Waals surface area contributed by atoms with Crippen LogP contribution in [0.3, 0.4) is 0 Å². The van der Waals surface area contributed by atoms with Crippen molar-refractivity contribution in [2.75, 3.05) is 25.4 Å². The van der Waals surface area contributed by atoms with Gasteiger partial charge in [-0.3, -0.25) is 4.90 Å². The van der Waals surface area contributed by atoms with E-state index in [4.69, 9.17) is 10.5 Å². The molecule has 1 aliphatic heterocycles. The van der Waals surface area contributed by atoms with Crippen molar-refractivity contribution in [1.29, 1.82) is 0 Å². The van der Waals surface area contributed by atoms with E-state index in [9.17, 15) is 0 Å². The molecule has 3 nitrogen and oxygen atoms in total. The first-order valence-corrected chi connectivity index (χ1v) is 6.03. The van der Waals surface area contributed by atoms with Gasteiger partial charge < -0.3 is 10.5 Å². The van der Waals surface area contributed by atoms with E-state index < -0.39 is 0 Å². The second kappa shape index (κ2) is 5.21. The predicted molar refractivity (Wildman–Crippen MR) is 66.5 cm³/mol. The maximum atomic E-state index is 5.82. The summed E-state index contributed by atoms with van der Waals surface area (Å²) in [6.45, 7) is 6.06. The van der Waals surface area contributed by atoms with Gasteiger partial charge in [0.05, 0.1) is 6.61 Å². The first-order chi connectivity index (χ1) is 7.79. The number of hydrogen-bond donors (Lipinski definition) is 1. The molecule has 16 heavy (non-hydrogen) atoms. The van der Waals surface area contributed by atoms with Crippen molar-refractivity contribution in [2.24, 2.45) is 0 Å². The third-order valence-corrected chi connectivity index (χ3v) is 2.98. The first-order valence-electron chi connectivity index (χ1n) is 6.03. The number of nitrogens with zero attached hydrogens (tertiary/aromatic N) is 1. The van der Waals surface area contributed by atoms with Crippen LogP contribution in [0.25, 0.3) is 0 Å². The maximum absolute atomic E-state index is 5.82. The average Bonchev–Trinajstić information content (AvgIpc) is 2.75. The Balaban J connectivity index is 2.12. The zero-order valence-electron chi connectivity index (χ0n) is 9.91. The monoisotopic (exact) mass is 220 g/mol. The number of hydrogen-bond acceptors (Lipinski definition) is 3. The van der Waals surface area contributed by atoms with Crippen LogP contribution < -0.4 is 10.5 Å². The molecular formula is C13H20N2O. The molecule has 1 aromatic rings. The van der Waals surface area contributed by atoms with Crippen LogP contribution >= 0.6 is 0 Å². The van der Waals surface area contributed by atoms with E-state index >= 15 is 0 Å². The highest BCUT2D eigenvalue weighted by Crippen LogP contribution is 2.24. The fourth-order valence-electron chi connectivity index (χ4n) is 2.20. The Morgan fingerprint density at radius 1 is 1.31 bits per heavy atom. The maximum Gasteiger partial charge on any atom is 0.123 e. The highest BCUT2D eigenvalue weighted by molar-refractivity contribution is 5.47. The van der Waals surface area contributed by atoms with Gasteiger partial charge in [0.15, 0.2) is 0 Å². The van der Waals surface area contributed by atoms with Crippen LogP contribution in [0, 0.1) is 0 Å². The molecule has 0 spiro atoms. The standard InChI is InChI=1S/C13H20N2O/c1-2-16-13-6-5-12(14)9-11(13)10-15-7-3-4-8-15/h5-6,9H,2-4,7-8,10,14H2,1H3. The summed E-state index contributed by atoms with van der Waals surface area (Å²) in [6.07, 6.45) is 2.62. The topological polar surface area (TPSA) is 38.5 Å². The molecule has 2 rings (SSSR count). The van der Waals surface area contributed by atoms with Gasteiger partial charge in [-0.15, -0.1) is 0 Å². The van der Waals surface area contributed by atoms with E-state index in [2.05, 4.69) is 4.90 Å². The summed E-state index contributed by atoms with van der Waals surface area (Å²) < 4.78 is 5.62. The molecule has 0 bridgehead atoms. The summed E-state index contributed by atoms with van der Waals surface area (Å²) in [6, 6.07) is 5.91. The highest BCUT2D eigenvalue weighted by atomic mass is 16.5. The average molecular weight is 220 g/mol. The van der Waals surface area contributed by atoms with Crippen molar-refractivity contribution < 1.29 is 4.74 Å². The number of nitrogen functional groups attached to an aromatic ring is 1. The molecule has 1 aromatic carbocycles. The second-order valence-electron chi connectivity index (χ2n) is 4.28. The Morgan fingerprint density at radius 2 is 2.06 bits per heavy atom. The summed E-state index contributed by atoms with van der Waals surface area (Å²) in [7, 11) is 0. The smallest absolute Gasteiger partial charge is 0.123 e. The number of ether oxygens (including phenoxy) is 1. The summed E-state index contributed by atoms with van der Waals surface area (Å²) in [5.74, 6) is 0.976. The van der Waals surface area contributed by atoms with Crippen molar-refractivity contribution in [3.63, 3.8) is 0 Å². The van der Waals surface area contributed by atoms with E-state index in [-0.39, 0.29) is 0 Å². The molecule has 0 aromatic heterocycles. The van der Waals surface area contributed by atoms with Crippen molar-refractivity contribution in [3.05, 3.63) is 23.8 Å². The van der Waals surface area contributed by atoms with Crippen LogP contribution in [-0.4, -0.2) is 24.6 Å². The molecule has 0 radical (unpaired) electrons. The normalized spacial score (nSPS) is 16.6. The van der Waals surface area contributed by atoms with Crippen LogP contribution in [0.2, 0.25) is 0 Å². The summed E-state index contributed by atoms with van der Waals surface area (Å²) in [4.78, 5) is 2.46.